The number of hydrogen-bond acceptors (Lipinski definition) is 2. The molecule has 3 nitrogen and oxygen atoms in total. The number of halogens is 2. The van der Waals surface area contributed by atoms with Gasteiger partial charge >= 0.3 is 0 Å². The monoisotopic (exact) mass is 339 g/mol. The summed E-state index contributed by atoms with van der Waals surface area (Å²) in [6.45, 7) is 6.63. The number of rotatable bonds is 6. The first kappa shape index (κ1) is 15.2. The van der Waals surface area contributed by atoms with E-state index in [9.17, 15) is 4.39 Å². The van der Waals surface area contributed by atoms with Gasteiger partial charge in [0.1, 0.15) is 11.6 Å². The summed E-state index contributed by atoms with van der Waals surface area (Å²) in [7, 11) is 0. The molecule has 5 heteroatoms. The lowest BCUT2D eigenvalue weighted by Gasteiger charge is -2.11. The van der Waals surface area contributed by atoms with Crippen LogP contribution in [0.1, 0.15) is 30.4 Å². The standard InChI is InChI=1S/C15H19BrFN3/c1-3-6-18-8-13-9-19-11(2)20(13)10-12-4-5-15(17)14(16)7-12/h4-5,7,9,18H,3,6,8,10H2,1-2H3. The van der Waals surface area contributed by atoms with E-state index in [4.69, 9.17) is 0 Å². The van der Waals surface area contributed by atoms with E-state index in [0.717, 1.165) is 36.6 Å². The molecule has 20 heavy (non-hydrogen) atoms. The summed E-state index contributed by atoms with van der Waals surface area (Å²) in [5.41, 5.74) is 2.20. The Morgan fingerprint density at radius 2 is 2.20 bits per heavy atom. The van der Waals surface area contributed by atoms with Crippen LogP contribution in [-0.2, 0) is 13.1 Å². The van der Waals surface area contributed by atoms with Crippen LogP contribution in [0.25, 0.3) is 0 Å². The van der Waals surface area contributed by atoms with Crippen LogP contribution in [0.15, 0.2) is 28.9 Å². The van der Waals surface area contributed by atoms with Crippen LogP contribution >= 0.6 is 15.9 Å². The molecule has 0 aliphatic carbocycles. The second-order valence-corrected chi connectivity index (χ2v) is 5.66. The Morgan fingerprint density at radius 3 is 2.90 bits per heavy atom. The predicted octanol–water partition coefficient (Wildman–Crippen LogP) is 3.64. The first-order valence-electron chi connectivity index (χ1n) is 6.77. The number of imidazole rings is 1. The van der Waals surface area contributed by atoms with E-state index in [-0.39, 0.29) is 5.82 Å². The second-order valence-electron chi connectivity index (χ2n) is 4.81. The summed E-state index contributed by atoms with van der Waals surface area (Å²) in [5.74, 6) is 0.736. The molecule has 108 valence electrons. The van der Waals surface area contributed by atoms with Crippen molar-refractivity contribution in [3.8, 4) is 0 Å². The normalized spacial score (nSPS) is 11.0. The summed E-state index contributed by atoms with van der Waals surface area (Å²) in [5, 5.41) is 3.38. The highest BCUT2D eigenvalue weighted by atomic mass is 79.9. The third-order valence-electron chi connectivity index (χ3n) is 3.20. The lowest BCUT2D eigenvalue weighted by Crippen LogP contribution is -2.17. The molecule has 0 aliphatic rings. The fourth-order valence-corrected chi connectivity index (χ4v) is 2.51. The second kappa shape index (κ2) is 6.99. The van der Waals surface area contributed by atoms with Crippen LogP contribution in [0.3, 0.4) is 0 Å². The molecule has 0 spiro atoms. The van der Waals surface area contributed by atoms with E-state index in [2.05, 4.69) is 37.7 Å². The van der Waals surface area contributed by atoms with Crippen LogP contribution < -0.4 is 5.32 Å². The third kappa shape index (κ3) is 3.67. The van der Waals surface area contributed by atoms with Crippen molar-refractivity contribution in [3.63, 3.8) is 0 Å². The topological polar surface area (TPSA) is 29.9 Å². The molecular formula is C15H19BrFN3. The van der Waals surface area contributed by atoms with Gasteiger partial charge in [0.15, 0.2) is 0 Å². The van der Waals surface area contributed by atoms with Crippen molar-refractivity contribution in [2.75, 3.05) is 6.54 Å². The van der Waals surface area contributed by atoms with Crippen LogP contribution in [0.2, 0.25) is 0 Å². The Labute approximate surface area is 127 Å². The summed E-state index contributed by atoms with van der Waals surface area (Å²) >= 11 is 3.23. The van der Waals surface area contributed by atoms with Gasteiger partial charge in [-0.3, -0.25) is 0 Å². The van der Waals surface area contributed by atoms with Gasteiger partial charge in [-0.1, -0.05) is 13.0 Å². The van der Waals surface area contributed by atoms with Crippen molar-refractivity contribution >= 4 is 15.9 Å². The molecule has 1 aromatic heterocycles. The van der Waals surface area contributed by atoms with Gasteiger partial charge < -0.3 is 9.88 Å². The first-order valence-corrected chi connectivity index (χ1v) is 7.56. The molecule has 2 rings (SSSR count). The van der Waals surface area contributed by atoms with E-state index in [1.807, 2.05) is 25.3 Å². The summed E-state index contributed by atoms with van der Waals surface area (Å²) < 4.78 is 15.9. The van der Waals surface area contributed by atoms with E-state index in [1.165, 1.54) is 6.07 Å². The van der Waals surface area contributed by atoms with Crippen molar-refractivity contribution in [1.82, 2.24) is 14.9 Å². The minimum atomic E-state index is -0.235. The molecule has 0 radical (unpaired) electrons. The molecule has 2 aromatic rings. The quantitative estimate of drug-likeness (QED) is 0.814. The summed E-state index contributed by atoms with van der Waals surface area (Å²) in [6.07, 6.45) is 3.01. The molecule has 0 aliphatic heterocycles. The molecule has 1 heterocycles. The first-order chi connectivity index (χ1) is 9.61. The van der Waals surface area contributed by atoms with Crippen molar-refractivity contribution in [1.29, 1.82) is 0 Å². The zero-order chi connectivity index (χ0) is 14.5. The predicted molar refractivity (Wildman–Crippen MR) is 82.2 cm³/mol. The summed E-state index contributed by atoms with van der Waals surface area (Å²) in [6, 6.07) is 5.11. The molecule has 1 N–H and O–H groups in total. The highest BCUT2D eigenvalue weighted by Gasteiger charge is 2.08. The number of aromatic nitrogens is 2. The SMILES string of the molecule is CCCNCc1cnc(C)n1Cc1ccc(F)c(Br)c1. The number of hydrogen-bond donors (Lipinski definition) is 1. The van der Waals surface area contributed by atoms with Crippen molar-refractivity contribution in [3.05, 3.63) is 51.8 Å². The largest absolute Gasteiger partial charge is 0.327 e. The van der Waals surface area contributed by atoms with E-state index >= 15 is 0 Å². The average Bonchev–Trinajstić information content (AvgIpc) is 2.76. The maximum atomic E-state index is 13.3. The van der Waals surface area contributed by atoms with E-state index < -0.39 is 0 Å². The minimum Gasteiger partial charge on any atom is -0.327 e. The number of aryl methyl sites for hydroxylation is 1. The molecule has 1 aromatic carbocycles. The van der Waals surface area contributed by atoms with Gasteiger partial charge in [-0.05, 0) is 53.5 Å². The Hall–Kier alpha value is -1.20. The molecule has 0 saturated heterocycles. The van der Waals surface area contributed by atoms with E-state index in [1.54, 1.807) is 0 Å². The Bertz CT molecular complexity index is 580. The lowest BCUT2D eigenvalue weighted by atomic mass is 10.2. The maximum Gasteiger partial charge on any atom is 0.137 e. The van der Waals surface area contributed by atoms with Crippen LogP contribution in [0, 0.1) is 12.7 Å². The Balaban J connectivity index is 2.15. The zero-order valence-corrected chi connectivity index (χ0v) is 13.4. The van der Waals surface area contributed by atoms with Gasteiger partial charge in [0.2, 0.25) is 0 Å². The Kier molecular flexibility index (Phi) is 5.31. The van der Waals surface area contributed by atoms with Gasteiger partial charge in [0, 0.05) is 19.3 Å². The maximum absolute atomic E-state index is 13.3. The highest BCUT2D eigenvalue weighted by Crippen LogP contribution is 2.18. The van der Waals surface area contributed by atoms with Crippen molar-refractivity contribution in [2.45, 2.75) is 33.4 Å². The molecule has 0 fully saturated rings. The van der Waals surface area contributed by atoms with Gasteiger partial charge in [0.05, 0.1) is 10.2 Å². The lowest BCUT2D eigenvalue weighted by molar-refractivity contribution is 0.613. The van der Waals surface area contributed by atoms with Crippen molar-refractivity contribution < 1.29 is 4.39 Å². The average molecular weight is 340 g/mol. The third-order valence-corrected chi connectivity index (χ3v) is 3.80. The van der Waals surface area contributed by atoms with Crippen LogP contribution in [0.4, 0.5) is 4.39 Å². The zero-order valence-electron chi connectivity index (χ0n) is 11.8. The molecule has 0 saturated carbocycles. The Morgan fingerprint density at radius 1 is 1.40 bits per heavy atom. The summed E-state index contributed by atoms with van der Waals surface area (Å²) in [4.78, 5) is 4.37. The fraction of sp³-hybridized carbons (Fsp3) is 0.400. The van der Waals surface area contributed by atoms with E-state index in [0.29, 0.717) is 11.0 Å². The number of nitrogens with one attached hydrogen (secondary N) is 1. The van der Waals surface area contributed by atoms with Gasteiger partial charge in [-0.15, -0.1) is 0 Å². The fourth-order valence-electron chi connectivity index (χ4n) is 2.09. The highest BCUT2D eigenvalue weighted by molar-refractivity contribution is 9.10. The minimum absolute atomic E-state index is 0.235. The van der Waals surface area contributed by atoms with Gasteiger partial charge in [0.25, 0.3) is 0 Å². The molecule has 0 bridgehead atoms. The van der Waals surface area contributed by atoms with Gasteiger partial charge in [-0.25, -0.2) is 9.37 Å². The molecule has 0 unspecified atom stereocenters. The smallest absolute Gasteiger partial charge is 0.137 e. The van der Waals surface area contributed by atoms with Crippen molar-refractivity contribution in [2.24, 2.45) is 0 Å². The molecule has 0 amide bonds. The molecule has 0 atom stereocenters. The number of nitrogens with zero attached hydrogens (tertiary/aromatic N) is 2. The van der Waals surface area contributed by atoms with Crippen LogP contribution in [0.5, 0.6) is 0 Å². The molecular weight excluding hydrogens is 321 g/mol. The number of benzene rings is 1. The van der Waals surface area contributed by atoms with Gasteiger partial charge in [-0.2, -0.15) is 0 Å². The van der Waals surface area contributed by atoms with Crippen LogP contribution in [-0.4, -0.2) is 16.1 Å².